The summed E-state index contributed by atoms with van der Waals surface area (Å²) in [6, 6.07) is 6.04. The second-order valence-corrected chi connectivity index (χ2v) is 5.29. The average molecular weight is 247 g/mol. The lowest BCUT2D eigenvalue weighted by Crippen LogP contribution is -2.50. The van der Waals surface area contributed by atoms with Crippen LogP contribution in [0.1, 0.15) is 43.2 Å². The van der Waals surface area contributed by atoms with Crippen molar-refractivity contribution >= 4 is 5.91 Å². The molecule has 1 amide bonds. The molecule has 3 heteroatoms. The Morgan fingerprint density at radius 1 is 1.22 bits per heavy atom. The van der Waals surface area contributed by atoms with Gasteiger partial charge in [0.1, 0.15) is 5.75 Å². The molecule has 0 atom stereocenters. The maximum Gasteiger partial charge on any atom is 0.261 e. The minimum atomic E-state index is -0.795. The molecule has 0 aromatic heterocycles. The lowest BCUT2D eigenvalue weighted by molar-refractivity contribution is -0.136. The Morgan fingerprint density at radius 2 is 1.89 bits per heavy atom. The maximum absolute atomic E-state index is 11.8. The summed E-state index contributed by atoms with van der Waals surface area (Å²) in [5, 5.41) is 0. The molecule has 1 saturated carbocycles. The summed E-state index contributed by atoms with van der Waals surface area (Å²) in [6.45, 7) is 4.01. The third-order valence-corrected chi connectivity index (χ3v) is 3.76. The topological polar surface area (TPSA) is 52.3 Å². The highest BCUT2D eigenvalue weighted by molar-refractivity contribution is 5.84. The van der Waals surface area contributed by atoms with Gasteiger partial charge in [0.05, 0.1) is 0 Å². The van der Waals surface area contributed by atoms with Crippen molar-refractivity contribution in [2.75, 3.05) is 0 Å². The smallest absolute Gasteiger partial charge is 0.261 e. The lowest BCUT2D eigenvalue weighted by atomic mass is 9.84. The molecule has 1 aliphatic carbocycles. The first-order valence-electron chi connectivity index (χ1n) is 6.60. The quantitative estimate of drug-likeness (QED) is 0.893. The van der Waals surface area contributed by atoms with E-state index in [-0.39, 0.29) is 5.91 Å². The molecule has 2 rings (SSSR count). The molecular formula is C15H21NO2. The number of ether oxygens (including phenoxy) is 1. The van der Waals surface area contributed by atoms with E-state index in [1.807, 2.05) is 32.0 Å². The summed E-state index contributed by atoms with van der Waals surface area (Å²) in [5.74, 6) is 0.457. The number of aryl methyl sites for hydroxylation is 2. The van der Waals surface area contributed by atoms with Gasteiger partial charge >= 0.3 is 0 Å². The summed E-state index contributed by atoms with van der Waals surface area (Å²) in [4.78, 5) is 11.8. The van der Waals surface area contributed by atoms with Crippen LogP contribution in [0.5, 0.6) is 5.75 Å². The SMILES string of the molecule is Cc1ccc(C)c(OC2(C(N)=O)CCCCC2)c1. The molecule has 0 unspecified atom stereocenters. The minimum absolute atomic E-state index is 0.330. The van der Waals surface area contributed by atoms with E-state index in [2.05, 4.69) is 0 Å². The summed E-state index contributed by atoms with van der Waals surface area (Å²) in [5.41, 5.74) is 6.96. The zero-order chi connectivity index (χ0) is 13.2. The Bertz CT molecular complexity index is 448. The Morgan fingerprint density at radius 3 is 2.50 bits per heavy atom. The number of benzene rings is 1. The van der Waals surface area contributed by atoms with E-state index in [1.54, 1.807) is 0 Å². The van der Waals surface area contributed by atoms with Gasteiger partial charge in [0, 0.05) is 0 Å². The molecule has 98 valence electrons. The highest BCUT2D eigenvalue weighted by Gasteiger charge is 2.40. The van der Waals surface area contributed by atoms with Crippen molar-refractivity contribution in [2.24, 2.45) is 5.73 Å². The van der Waals surface area contributed by atoms with Crippen LogP contribution >= 0.6 is 0 Å². The summed E-state index contributed by atoms with van der Waals surface area (Å²) in [7, 11) is 0. The van der Waals surface area contributed by atoms with Crippen molar-refractivity contribution in [1.82, 2.24) is 0 Å². The molecule has 3 nitrogen and oxygen atoms in total. The van der Waals surface area contributed by atoms with Crippen molar-refractivity contribution in [1.29, 1.82) is 0 Å². The van der Waals surface area contributed by atoms with Gasteiger partial charge < -0.3 is 10.5 Å². The largest absolute Gasteiger partial charge is 0.477 e. The van der Waals surface area contributed by atoms with E-state index in [4.69, 9.17) is 10.5 Å². The van der Waals surface area contributed by atoms with E-state index in [9.17, 15) is 4.79 Å². The van der Waals surface area contributed by atoms with Gasteiger partial charge in [0.15, 0.2) is 5.60 Å². The maximum atomic E-state index is 11.8. The van der Waals surface area contributed by atoms with Gasteiger partial charge in [-0.2, -0.15) is 0 Å². The lowest BCUT2D eigenvalue weighted by Gasteiger charge is -2.35. The number of amides is 1. The van der Waals surface area contributed by atoms with Gasteiger partial charge in [-0.1, -0.05) is 18.6 Å². The van der Waals surface area contributed by atoms with Crippen LogP contribution in [0.25, 0.3) is 0 Å². The van der Waals surface area contributed by atoms with Crippen LogP contribution in [0.4, 0.5) is 0 Å². The number of hydrogen-bond acceptors (Lipinski definition) is 2. The first kappa shape index (κ1) is 12.9. The molecule has 0 heterocycles. The molecule has 0 spiro atoms. The Hall–Kier alpha value is -1.51. The van der Waals surface area contributed by atoms with Crippen molar-refractivity contribution in [2.45, 2.75) is 51.6 Å². The average Bonchev–Trinajstić information content (AvgIpc) is 2.35. The molecule has 0 aliphatic heterocycles. The molecule has 1 aromatic carbocycles. The second kappa shape index (κ2) is 5.01. The number of carbonyl (C=O) groups excluding carboxylic acids is 1. The van der Waals surface area contributed by atoms with Gasteiger partial charge in [-0.3, -0.25) is 4.79 Å². The fourth-order valence-electron chi connectivity index (χ4n) is 2.55. The zero-order valence-electron chi connectivity index (χ0n) is 11.2. The predicted octanol–water partition coefficient (Wildman–Crippen LogP) is 2.87. The van der Waals surface area contributed by atoms with Crippen LogP contribution in [0.15, 0.2) is 18.2 Å². The predicted molar refractivity (Wildman–Crippen MR) is 71.6 cm³/mol. The van der Waals surface area contributed by atoms with E-state index >= 15 is 0 Å². The van der Waals surface area contributed by atoms with E-state index in [1.165, 1.54) is 0 Å². The Balaban J connectivity index is 2.28. The fourth-order valence-corrected chi connectivity index (χ4v) is 2.55. The second-order valence-electron chi connectivity index (χ2n) is 5.29. The van der Waals surface area contributed by atoms with Crippen LogP contribution in [0.3, 0.4) is 0 Å². The van der Waals surface area contributed by atoms with Crippen molar-refractivity contribution < 1.29 is 9.53 Å². The van der Waals surface area contributed by atoms with Gasteiger partial charge in [0.25, 0.3) is 5.91 Å². The van der Waals surface area contributed by atoms with Gasteiger partial charge in [0.2, 0.25) is 0 Å². The van der Waals surface area contributed by atoms with Crippen molar-refractivity contribution in [3.63, 3.8) is 0 Å². The zero-order valence-corrected chi connectivity index (χ0v) is 11.2. The van der Waals surface area contributed by atoms with E-state index in [0.717, 1.165) is 49.0 Å². The normalized spacial score (nSPS) is 18.3. The fraction of sp³-hybridized carbons (Fsp3) is 0.533. The van der Waals surface area contributed by atoms with Gasteiger partial charge in [-0.25, -0.2) is 0 Å². The third kappa shape index (κ3) is 2.50. The van der Waals surface area contributed by atoms with Crippen molar-refractivity contribution in [3.8, 4) is 5.75 Å². The monoisotopic (exact) mass is 247 g/mol. The van der Waals surface area contributed by atoms with E-state index in [0.29, 0.717) is 0 Å². The number of nitrogens with two attached hydrogens (primary N) is 1. The van der Waals surface area contributed by atoms with Crippen LogP contribution in [-0.4, -0.2) is 11.5 Å². The standard InChI is InChI=1S/C15H21NO2/c1-11-6-7-12(2)13(10-11)18-15(14(16)17)8-4-3-5-9-15/h6-7,10H,3-5,8-9H2,1-2H3,(H2,16,17). The molecule has 2 N–H and O–H groups in total. The first-order chi connectivity index (χ1) is 8.53. The van der Waals surface area contributed by atoms with E-state index < -0.39 is 5.60 Å². The highest BCUT2D eigenvalue weighted by Crippen LogP contribution is 2.34. The summed E-state index contributed by atoms with van der Waals surface area (Å²) < 4.78 is 6.04. The molecule has 0 radical (unpaired) electrons. The third-order valence-electron chi connectivity index (χ3n) is 3.76. The minimum Gasteiger partial charge on any atom is -0.477 e. The Kier molecular flexibility index (Phi) is 3.60. The molecule has 18 heavy (non-hydrogen) atoms. The van der Waals surface area contributed by atoms with Crippen LogP contribution < -0.4 is 10.5 Å². The number of primary amides is 1. The number of hydrogen-bond donors (Lipinski definition) is 1. The Labute approximate surface area is 108 Å². The van der Waals surface area contributed by atoms with Gasteiger partial charge in [-0.05, 0) is 56.7 Å². The number of carbonyl (C=O) groups is 1. The van der Waals surface area contributed by atoms with Crippen LogP contribution in [0, 0.1) is 13.8 Å². The molecule has 0 bridgehead atoms. The highest BCUT2D eigenvalue weighted by atomic mass is 16.5. The summed E-state index contributed by atoms with van der Waals surface area (Å²) in [6.07, 6.45) is 4.64. The van der Waals surface area contributed by atoms with Crippen LogP contribution in [0.2, 0.25) is 0 Å². The van der Waals surface area contributed by atoms with Crippen LogP contribution in [-0.2, 0) is 4.79 Å². The molecular weight excluding hydrogens is 226 g/mol. The molecule has 0 saturated heterocycles. The number of rotatable bonds is 3. The van der Waals surface area contributed by atoms with Crippen molar-refractivity contribution in [3.05, 3.63) is 29.3 Å². The first-order valence-corrected chi connectivity index (χ1v) is 6.60. The summed E-state index contributed by atoms with van der Waals surface area (Å²) >= 11 is 0. The molecule has 1 fully saturated rings. The van der Waals surface area contributed by atoms with Gasteiger partial charge in [-0.15, -0.1) is 0 Å². The molecule has 1 aliphatic rings. The molecule has 1 aromatic rings.